The summed E-state index contributed by atoms with van der Waals surface area (Å²) < 4.78 is 31.6. The predicted octanol–water partition coefficient (Wildman–Crippen LogP) is 1.63. The number of hydrogen-bond acceptors (Lipinski definition) is 4. The summed E-state index contributed by atoms with van der Waals surface area (Å²) >= 11 is 5.80. The molecule has 0 radical (unpaired) electrons. The molecule has 1 aromatic rings. The van der Waals surface area contributed by atoms with Gasteiger partial charge in [0.05, 0.1) is 21.2 Å². The molecule has 1 rings (SSSR count). The monoisotopic (exact) mass is 292 g/mol. The van der Waals surface area contributed by atoms with E-state index in [0.717, 1.165) is 0 Å². The van der Waals surface area contributed by atoms with Gasteiger partial charge in [0.25, 0.3) is 0 Å². The van der Waals surface area contributed by atoms with Crippen LogP contribution in [0.2, 0.25) is 5.02 Å². The molecular formula is C11H17ClN2O3S. The first-order valence-corrected chi connectivity index (χ1v) is 7.14. The van der Waals surface area contributed by atoms with Crippen LogP contribution in [0.15, 0.2) is 23.1 Å². The summed E-state index contributed by atoms with van der Waals surface area (Å²) in [6.07, 6.45) is 0. The van der Waals surface area contributed by atoms with Crippen molar-refractivity contribution in [3.8, 4) is 0 Å². The molecule has 5 nitrogen and oxygen atoms in total. The van der Waals surface area contributed by atoms with Gasteiger partial charge in [0.1, 0.15) is 0 Å². The Hall–Kier alpha value is -0.820. The smallest absolute Gasteiger partial charge is 0.240 e. The van der Waals surface area contributed by atoms with Crippen molar-refractivity contribution in [3.05, 3.63) is 23.2 Å². The molecule has 0 aliphatic rings. The first-order valence-electron chi connectivity index (χ1n) is 5.28. The second-order valence-corrected chi connectivity index (χ2v) is 6.65. The lowest BCUT2D eigenvalue weighted by Gasteiger charge is -2.23. The summed E-state index contributed by atoms with van der Waals surface area (Å²) in [4.78, 5) is 0.0774. The van der Waals surface area contributed by atoms with Gasteiger partial charge >= 0.3 is 0 Å². The van der Waals surface area contributed by atoms with Crippen LogP contribution >= 0.6 is 11.6 Å². The van der Waals surface area contributed by atoms with Gasteiger partial charge in [-0.3, -0.25) is 0 Å². The summed E-state index contributed by atoms with van der Waals surface area (Å²) in [6.45, 7) is 3.73. The van der Waals surface area contributed by atoms with Gasteiger partial charge in [0, 0.05) is 13.7 Å². The molecule has 18 heavy (non-hydrogen) atoms. The Bertz CT molecular complexity index is 529. The lowest BCUT2D eigenvalue weighted by Crippen LogP contribution is -2.39. The van der Waals surface area contributed by atoms with E-state index in [4.69, 9.17) is 22.1 Å². The van der Waals surface area contributed by atoms with Crippen LogP contribution in [0.5, 0.6) is 0 Å². The van der Waals surface area contributed by atoms with E-state index in [1.54, 1.807) is 13.8 Å². The highest BCUT2D eigenvalue weighted by Gasteiger charge is 2.22. The topological polar surface area (TPSA) is 81.4 Å². The van der Waals surface area contributed by atoms with Crippen LogP contribution in [0.1, 0.15) is 13.8 Å². The van der Waals surface area contributed by atoms with Gasteiger partial charge in [0.2, 0.25) is 10.0 Å². The van der Waals surface area contributed by atoms with Crippen LogP contribution in [-0.2, 0) is 14.8 Å². The Kier molecular flexibility index (Phi) is 4.61. The number of methoxy groups -OCH3 is 1. The molecule has 0 aromatic heterocycles. The van der Waals surface area contributed by atoms with Crippen molar-refractivity contribution in [2.24, 2.45) is 0 Å². The number of anilines is 1. The number of halogens is 1. The predicted molar refractivity (Wildman–Crippen MR) is 72.1 cm³/mol. The number of nitrogen functional groups attached to an aromatic ring is 1. The molecule has 0 amide bonds. The fraction of sp³-hybridized carbons (Fsp3) is 0.455. The summed E-state index contributed by atoms with van der Waals surface area (Å²) in [5.74, 6) is 0. The SMILES string of the molecule is COC(C)(C)CNS(=O)(=O)c1ccc(N)c(Cl)c1. The number of hydrogen-bond donors (Lipinski definition) is 2. The fourth-order valence-corrected chi connectivity index (χ4v) is 2.57. The van der Waals surface area contributed by atoms with Gasteiger partial charge in [-0.05, 0) is 32.0 Å². The third kappa shape index (κ3) is 3.84. The largest absolute Gasteiger partial charge is 0.398 e. The van der Waals surface area contributed by atoms with Gasteiger partial charge in [-0.15, -0.1) is 0 Å². The molecule has 0 atom stereocenters. The summed E-state index contributed by atoms with van der Waals surface area (Å²) in [5, 5.41) is 0.212. The zero-order valence-corrected chi connectivity index (χ0v) is 12.1. The first-order chi connectivity index (χ1) is 8.18. The molecule has 7 heteroatoms. The van der Waals surface area contributed by atoms with E-state index in [0.29, 0.717) is 5.69 Å². The van der Waals surface area contributed by atoms with E-state index in [-0.39, 0.29) is 16.5 Å². The maximum absolute atomic E-state index is 12.0. The molecule has 0 spiro atoms. The van der Waals surface area contributed by atoms with Gasteiger partial charge < -0.3 is 10.5 Å². The molecule has 102 valence electrons. The number of sulfonamides is 1. The molecule has 0 aliphatic carbocycles. The number of benzene rings is 1. The standard InChI is InChI=1S/C11H17ClN2O3S/c1-11(2,17-3)7-14-18(15,16)8-4-5-10(13)9(12)6-8/h4-6,14H,7,13H2,1-3H3. The molecule has 0 aliphatic heterocycles. The van der Waals surface area contributed by atoms with E-state index < -0.39 is 15.6 Å². The van der Waals surface area contributed by atoms with E-state index in [1.807, 2.05) is 0 Å². The fourth-order valence-electron chi connectivity index (χ4n) is 1.10. The van der Waals surface area contributed by atoms with Crippen molar-refractivity contribution in [3.63, 3.8) is 0 Å². The van der Waals surface area contributed by atoms with Crippen LogP contribution in [0.4, 0.5) is 5.69 Å². The quantitative estimate of drug-likeness (QED) is 0.808. The minimum atomic E-state index is -3.61. The number of nitrogens with two attached hydrogens (primary N) is 1. The number of rotatable bonds is 5. The highest BCUT2D eigenvalue weighted by atomic mass is 35.5. The van der Waals surface area contributed by atoms with Crippen LogP contribution in [0.25, 0.3) is 0 Å². The molecule has 0 unspecified atom stereocenters. The van der Waals surface area contributed by atoms with Crippen molar-refractivity contribution in [2.75, 3.05) is 19.4 Å². The van der Waals surface area contributed by atoms with E-state index >= 15 is 0 Å². The Balaban J connectivity index is 2.90. The lowest BCUT2D eigenvalue weighted by molar-refractivity contribution is 0.0276. The first kappa shape index (κ1) is 15.2. The van der Waals surface area contributed by atoms with E-state index in [1.165, 1.54) is 25.3 Å². The Morgan fingerprint density at radius 1 is 1.44 bits per heavy atom. The molecular weight excluding hydrogens is 276 g/mol. The molecule has 0 saturated heterocycles. The van der Waals surface area contributed by atoms with Crippen molar-refractivity contribution >= 4 is 27.3 Å². The van der Waals surface area contributed by atoms with Crippen LogP contribution in [0.3, 0.4) is 0 Å². The maximum atomic E-state index is 12.0. The summed E-state index contributed by atoms with van der Waals surface area (Å²) in [5.41, 5.74) is 5.29. The van der Waals surface area contributed by atoms with Gasteiger partial charge in [0.15, 0.2) is 0 Å². The summed E-state index contributed by atoms with van der Waals surface area (Å²) in [6, 6.07) is 4.18. The Labute approximate surface area is 112 Å². The van der Waals surface area contributed by atoms with Crippen LogP contribution in [0, 0.1) is 0 Å². The van der Waals surface area contributed by atoms with Crippen LogP contribution < -0.4 is 10.5 Å². The third-order valence-electron chi connectivity index (χ3n) is 2.52. The second kappa shape index (κ2) is 5.44. The Morgan fingerprint density at radius 3 is 2.56 bits per heavy atom. The second-order valence-electron chi connectivity index (χ2n) is 4.47. The van der Waals surface area contributed by atoms with Crippen molar-refractivity contribution in [1.82, 2.24) is 4.72 Å². The normalized spacial score (nSPS) is 12.7. The van der Waals surface area contributed by atoms with Crippen molar-refractivity contribution in [1.29, 1.82) is 0 Å². The average molecular weight is 293 g/mol. The average Bonchev–Trinajstić information content (AvgIpc) is 2.30. The van der Waals surface area contributed by atoms with E-state index in [2.05, 4.69) is 4.72 Å². The van der Waals surface area contributed by atoms with Gasteiger partial charge in [-0.2, -0.15) is 0 Å². The molecule has 0 saturated carbocycles. The zero-order valence-electron chi connectivity index (χ0n) is 10.5. The Morgan fingerprint density at radius 2 is 2.06 bits per heavy atom. The minimum absolute atomic E-state index is 0.0774. The van der Waals surface area contributed by atoms with Gasteiger partial charge in [-0.25, -0.2) is 13.1 Å². The molecule has 3 N–H and O–H groups in total. The molecule has 0 fully saturated rings. The highest BCUT2D eigenvalue weighted by molar-refractivity contribution is 7.89. The van der Waals surface area contributed by atoms with Crippen molar-refractivity contribution in [2.45, 2.75) is 24.3 Å². The third-order valence-corrected chi connectivity index (χ3v) is 4.25. The number of nitrogens with one attached hydrogen (secondary N) is 1. The molecule has 1 aromatic carbocycles. The number of ether oxygens (including phenoxy) is 1. The molecule has 0 heterocycles. The van der Waals surface area contributed by atoms with Gasteiger partial charge in [-0.1, -0.05) is 11.6 Å². The zero-order chi connectivity index (χ0) is 14.0. The maximum Gasteiger partial charge on any atom is 0.240 e. The van der Waals surface area contributed by atoms with Crippen molar-refractivity contribution < 1.29 is 13.2 Å². The summed E-state index contributed by atoms with van der Waals surface area (Å²) in [7, 11) is -2.09. The molecule has 0 bridgehead atoms. The highest BCUT2D eigenvalue weighted by Crippen LogP contribution is 2.22. The van der Waals surface area contributed by atoms with Crippen LogP contribution in [-0.4, -0.2) is 27.7 Å². The lowest BCUT2D eigenvalue weighted by atomic mass is 10.1. The van der Waals surface area contributed by atoms with E-state index in [9.17, 15) is 8.42 Å². The minimum Gasteiger partial charge on any atom is -0.398 e.